The first-order chi connectivity index (χ1) is 2.00. The topological polar surface area (TPSA) is 80.9 Å². The van der Waals surface area contributed by atoms with Crippen LogP contribution in [0.5, 0.6) is 0 Å². The maximum atomic E-state index is 7.41. The molecule has 0 aromatic rings. The van der Waals surface area contributed by atoms with E-state index in [1.807, 2.05) is 0 Å². The molecule has 0 saturated carbocycles. The summed E-state index contributed by atoms with van der Waals surface area (Å²) in [4.78, 5) is 0. The number of hydrogen-bond acceptors (Lipinski definition) is 4. The first kappa shape index (κ1) is 17.0. The van der Waals surface area contributed by atoms with E-state index in [1.165, 1.54) is 0 Å². The predicted octanol–water partition coefficient (Wildman–Crippen LogP) is -8.22. The van der Waals surface area contributed by atoms with Crippen molar-refractivity contribution >= 4 is 0 Å². The van der Waals surface area contributed by atoms with Gasteiger partial charge < -0.3 is 0 Å². The summed E-state index contributed by atoms with van der Waals surface area (Å²) in [5.74, 6) is 0. The Labute approximate surface area is 131 Å². The van der Waals surface area contributed by atoms with Crippen LogP contribution in [0.3, 0.4) is 0 Å². The first-order valence-electron chi connectivity index (χ1n) is 1.26. The van der Waals surface area contributed by atoms with E-state index in [2.05, 4.69) is 0 Å². The molecule has 0 amide bonds. The van der Waals surface area contributed by atoms with Crippen LogP contribution in [0.2, 0.25) is 0 Å². The Bertz CT molecular complexity index is 25.2. The zero-order chi connectivity index (χ0) is 4.50. The van der Waals surface area contributed by atoms with E-state index in [1.54, 1.807) is 0 Å². The van der Waals surface area contributed by atoms with E-state index in [4.69, 9.17) is 15.7 Å². The van der Waals surface area contributed by atoms with Crippen molar-refractivity contribution < 1.29 is 135 Å². The molecule has 0 fully saturated rings. The van der Waals surface area contributed by atoms with Gasteiger partial charge in [0.05, 0.1) is 0 Å². The van der Waals surface area contributed by atoms with Gasteiger partial charge in [-0.1, -0.05) is 0 Å². The Balaban J connectivity index is -0.0000000800. The van der Waals surface area contributed by atoms with Gasteiger partial charge in [0.1, 0.15) is 0 Å². The summed E-state index contributed by atoms with van der Waals surface area (Å²) in [6.45, 7) is 0. The first-order valence-corrected chi connectivity index (χ1v) is 6.57. The molecule has 0 atom stereocenters. The monoisotopic (exact) mass is 210 g/mol. The van der Waals surface area contributed by atoms with E-state index >= 15 is 0 Å². The Morgan fingerprint density at radius 3 is 0.714 bits per heavy atom. The van der Waals surface area contributed by atoms with Crippen LogP contribution in [0.1, 0.15) is 0 Å². The molecule has 32 valence electrons. The van der Waals surface area contributed by atoms with Gasteiger partial charge in [-0.05, 0) is 0 Å². The third kappa shape index (κ3) is 41.7. The average molecular weight is 212 g/mol. The van der Waals surface area contributed by atoms with Crippen LogP contribution < -0.4 is 103 Å². The van der Waals surface area contributed by atoms with E-state index in [-0.39, 0.29) is 103 Å². The Morgan fingerprint density at radius 1 is 0.714 bits per heavy atom. The molecule has 0 aliphatic rings. The van der Waals surface area contributed by atoms with Gasteiger partial charge in [0.15, 0.2) is 0 Å². The fourth-order valence-electron chi connectivity index (χ4n) is 0. The molecular weight excluding hydrogens is 208 g/mol. The van der Waals surface area contributed by atoms with Gasteiger partial charge >= 0.3 is 135 Å². The number of hydrogen-bond donors (Lipinski definition) is 4. The van der Waals surface area contributed by atoms with Crippen LogP contribution in [0.15, 0.2) is 0 Å². The van der Waals surface area contributed by atoms with E-state index < -0.39 is 16.2 Å². The van der Waals surface area contributed by atoms with Crippen molar-refractivity contribution in [3.63, 3.8) is 0 Å². The van der Waals surface area contributed by atoms with Crippen molar-refractivity contribution in [2.24, 2.45) is 0 Å². The van der Waals surface area contributed by atoms with Crippen molar-refractivity contribution in [2.45, 2.75) is 0 Å². The van der Waals surface area contributed by atoms with Gasteiger partial charge in [-0.25, -0.2) is 0 Å². The second kappa shape index (κ2) is 7.84. The molecule has 0 aromatic carbocycles. The molecule has 0 saturated heterocycles. The summed E-state index contributed by atoms with van der Waals surface area (Å²) < 4.78 is 29.6. The molecule has 0 heterocycles. The second-order valence-corrected chi connectivity index (χ2v) is 4.41. The molecule has 0 spiro atoms. The molecule has 0 aliphatic heterocycles. The van der Waals surface area contributed by atoms with Gasteiger partial charge in [0.2, 0.25) is 0 Å². The number of rotatable bonds is 0. The van der Waals surface area contributed by atoms with Crippen LogP contribution >= 0.6 is 0 Å². The predicted molar refractivity (Wildman–Crippen MR) is 8.88 cm³/mol. The summed E-state index contributed by atoms with van der Waals surface area (Å²) in [7, 11) is 0. The van der Waals surface area contributed by atoms with Gasteiger partial charge in [-0.2, -0.15) is 0 Å². The van der Waals surface area contributed by atoms with Gasteiger partial charge in [0, 0.05) is 0 Å². The normalized spacial score (nSPS) is 8.57. The molecule has 4 N–H and O–H groups in total. The van der Waals surface area contributed by atoms with Crippen molar-refractivity contribution in [3.05, 3.63) is 0 Å². The fourth-order valence-corrected chi connectivity index (χ4v) is 0. The molecule has 0 aromatic heterocycles. The van der Waals surface area contributed by atoms with Crippen LogP contribution in [0, 0.1) is 0 Å². The molecule has 7 heavy (non-hydrogen) atoms. The zero-order valence-electron chi connectivity index (χ0n) is 4.50. The zero-order valence-corrected chi connectivity index (χ0v) is 13.7. The SMILES string of the molecule is [K+].[K+].[OH][Zn-2]([OH])([OH])[OH]. The maximum absolute atomic E-state index is 7.41. The van der Waals surface area contributed by atoms with Gasteiger partial charge in [-0.15, -0.1) is 0 Å². The molecule has 0 rings (SSSR count). The molecule has 0 unspecified atom stereocenters. The Morgan fingerprint density at radius 2 is 0.714 bits per heavy atom. The molecular formula is H4K2O4Zn. The van der Waals surface area contributed by atoms with Crippen LogP contribution in [-0.4, -0.2) is 15.7 Å². The quantitative estimate of drug-likeness (QED) is 0.300. The van der Waals surface area contributed by atoms with E-state index in [9.17, 15) is 0 Å². The van der Waals surface area contributed by atoms with Crippen molar-refractivity contribution in [2.75, 3.05) is 0 Å². The fraction of sp³-hybridized carbons (Fsp3) is 0. The average Bonchev–Trinajstić information content (AvgIpc) is 0.722. The van der Waals surface area contributed by atoms with Crippen LogP contribution in [0.4, 0.5) is 0 Å². The van der Waals surface area contributed by atoms with E-state index in [0.29, 0.717) is 0 Å². The molecule has 0 aliphatic carbocycles. The minimum atomic E-state index is -5.25. The minimum absolute atomic E-state index is 0. The third-order valence-electron chi connectivity index (χ3n) is 0. The summed E-state index contributed by atoms with van der Waals surface area (Å²) in [5.41, 5.74) is 0. The second-order valence-electron chi connectivity index (χ2n) is 0.849. The van der Waals surface area contributed by atoms with Crippen LogP contribution in [0.25, 0.3) is 0 Å². The Hall–Kier alpha value is 3.74. The summed E-state index contributed by atoms with van der Waals surface area (Å²) >= 11 is -5.25. The molecule has 0 radical (unpaired) electrons. The third-order valence-corrected chi connectivity index (χ3v) is 0. The van der Waals surface area contributed by atoms with Gasteiger partial charge in [-0.3, -0.25) is 0 Å². The van der Waals surface area contributed by atoms with Gasteiger partial charge in [0.25, 0.3) is 0 Å². The standard InChI is InChI=1S/2K.4H2O.Zn/h;;4*1H2;/q2*+1;;;;;+2/p-4. The molecule has 7 heteroatoms. The summed E-state index contributed by atoms with van der Waals surface area (Å²) in [6, 6.07) is 0. The molecule has 0 bridgehead atoms. The van der Waals surface area contributed by atoms with Crippen molar-refractivity contribution in [3.8, 4) is 0 Å². The molecule has 4 nitrogen and oxygen atoms in total. The van der Waals surface area contributed by atoms with Crippen molar-refractivity contribution in [1.29, 1.82) is 0 Å². The Kier molecular flexibility index (Phi) is 19.0. The van der Waals surface area contributed by atoms with E-state index in [0.717, 1.165) is 0 Å². The summed E-state index contributed by atoms with van der Waals surface area (Å²) in [5, 5.41) is 0. The van der Waals surface area contributed by atoms with Crippen LogP contribution in [-0.2, 0) is 16.2 Å². The summed E-state index contributed by atoms with van der Waals surface area (Å²) in [6.07, 6.45) is 0. The van der Waals surface area contributed by atoms with Crippen molar-refractivity contribution in [1.82, 2.24) is 0 Å².